The Kier molecular flexibility index (Phi) is 23.0. The van der Waals surface area contributed by atoms with Crippen LogP contribution in [-0.2, 0) is 93.6 Å². The van der Waals surface area contributed by atoms with E-state index >= 15 is 0 Å². The third-order valence-corrected chi connectivity index (χ3v) is 14.5. The van der Waals surface area contributed by atoms with Crippen LogP contribution in [0.4, 0.5) is 0 Å². The van der Waals surface area contributed by atoms with Crippen LogP contribution in [-0.4, -0.2) is 115 Å². The number of rotatable bonds is 30. The molecule has 83 heavy (non-hydrogen) atoms. The van der Waals surface area contributed by atoms with Crippen molar-refractivity contribution in [2.45, 2.75) is 108 Å². The highest BCUT2D eigenvalue weighted by molar-refractivity contribution is 6.30. The summed E-state index contributed by atoms with van der Waals surface area (Å²) in [7, 11) is 7.96. The minimum Gasteiger partial charge on any atom is -0.497 e. The maximum absolute atomic E-state index is 12.9. The average Bonchev–Trinajstić information content (AvgIpc) is 3.70. The zero-order chi connectivity index (χ0) is 57.8. The van der Waals surface area contributed by atoms with E-state index in [4.69, 9.17) is 82.7 Å². The number of halogens is 1. The maximum atomic E-state index is 12.9. The molecule has 0 aliphatic carbocycles. The van der Waals surface area contributed by atoms with Crippen molar-refractivity contribution in [2.75, 3.05) is 48.8 Å². The van der Waals surface area contributed by atoms with Crippen molar-refractivity contribution in [3.63, 3.8) is 0 Å². The summed E-state index contributed by atoms with van der Waals surface area (Å²) < 4.78 is 96.4. The SMILES string of the molecule is COc1ccc(CO[C@H]2[C@@H](O[C@H]3O[C@H](COCc4ccc(OC)c(OC)c4)[C@@H](OCc4ccccc4)[C@H](OCc4ccc(Cl)cc4)[C@H]3O)O[C@H](COCc3ccc(OC)c(OC)c3)[C@@H](OCc3ccccc3)[C@@H]2OCc2ccccc2)cc1. The first-order chi connectivity index (χ1) is 40.7. The second kappa shape index (κ2) is 31.3. The van der Waals surface area contributed by atoms with Crippen LogP contribution < -0.4 is 23.7 Å². The minimum atomic E-state index is -1.48. The number of aliphatic hydroxyl groups excluding tert-OH is 1. The summed E-state index contributed by atoms with van der Waals surface area (Å²) >= 11 is 6.33. The summed E-state index contributed by atoms with van der Waals surface area (Å²) in [6, 6.07) is 55.5. The molecule has 2 aliphatic heterocycles. The first-order valence-electron chi connectivity index (χ1n) is 27.5. The van der Waals surface area contributed by atoms with Gasteiger partial charge >= 0.3 is 0 Å². The molecule has 440 valence electrons. The van der Waals surface area contributed by atoms with Gasteiger partial charge < -0.3 is 76.2 Å². The van der Waals surface area contributed by atoms with Crippen LogP contribution in [0.15, 0.2) is 176 Å². The van der Waals surface area contributed by atoms with E-state index in [0.29, 0.717) is 33.8 Å². The molecule has 2 aliphatic rings. The maximum Gasteiger partial charge on any atom is 0.190 e. The van der Waals surface area contributed by atoms with Crippen LogP contribution in [0.1, 0.15) is 38.9 Å². The summed E-state index contributed by atoms with van der Waals surface area (Å²) in [5, 5.41) is 13.4. The zero-order valence-corrected chi connectivity index (χ0v) is 48.1. The van der Waals surface area contributed by atoms with Gasteiger partial charge in [0, 0.05) is 5.02 Å². The number of methoxy groups -OCH3 is 5. The lowest BCUT2D eigenvalue weighted by molar-refractivity contribution is -0.391. The number of ether oxygens (including phenoxy) is 15. The molecule has 0 unspecified atom stereocenters. The van der Waals surface area contributed by atoms with E-state index in [1.807, 2.05) is 164 Å². The molecule has 17 heteroatoms. The quantitative estimate of drug-likeness (QED) is 0.0453. The summed E-state index contributed by atoms with van der Waals surface area (Å²) in [4.78, 5) is 0. The van der Waals surface area contributed by atoms with Crippen molar-refractivity contribution >= 4 is 11.6 Å². The Bertz CT molecular complexity index is 2990. The molecule has 2 saturated heterocycles. The van der Waals surface area contributed by atoms with Gasteiger partial charge in [0.2, 0.25) is 0 Å². The molecule has 16 nitrogen and oxygen atoms in total. The monoisotopic (exact) mass is 1160 g/mol. The number of hydrogen-bond donors (Lipinski definition) is 1. The van der Waals surface area contributed by atoms with Gasteiger partial charge in [0.25, 0.3) is 0 Å². The van der Waals surface area contributed by atoms with Crippen molar-refractivity contribution in [1.29, 1.82) is 0 Å². The van der Waals surface area contributed by atoms with Gasteiger partial charge in [-0.2, -0.15) is 0 Å². The summed E-state index contributed by atoms with van der Waals surface area (Å²) in [6.07, 6.45) is -10.6. The molecule has 0 amide bonds. The summed E-state index contributed by atoms with van der Waals surface area (Å²) in [5.74, 6) is 2.98. The molecule has 2 fully saturated rings. The highest BCUT2D eigenvalue weighted by atomic mass is 35.5. The van der Waals surface area contributed by atoms with Gasteiger partial charge in [-0.15, -0.1) is 0 Å². The van der Waals surface area contributed by atoms with Crippen LogP contribution in [0, 0.1) is 0 Å². The third kappa shape index (κ3) is 17.0. The second-order valence-electron chi connectivity index (χ2n) is 19.9. The molecular weight excluding hydrogens is 1080 g/mol. The molecule has 0 aromatic heterocycles. The van der Waals surface area contributed by atoms with E-state index in [-0.39, 0.29) is 59.5 Å². The molecule has 0 radical (unpaired) electrons. The molecular formula is C66H73ClO16. The predicted octanol–water partition coefficient (Wildman–Crippen LogP) is 10.9. The second-order valence-corrected chi connectivity index (χ2v) is 20.4. The van der Waals surface area contributed by atoms with Crippen LogP contribution >= 0.6 is 11.6 Å². The molecule has 9 rings (SSSR count). The molecule has 0 saturated carbocycles. The Morgan fingerprint density at radius 1 is 0.361 bits per heavy atom. The van der Waals surface area contributed by atoms with Crippen molar-refractivity contribution in [2.24, 2.45) is 0 Å². The fourth-order valence-corrected chi connectivity index (χ4v) is 9.99. The van der Waals surface area contributed by atoms with Gasteiger partial charge in [0.15, 0.2) is 35.6 Å². The Hall–Kier alpha value is -6.61. The Morgan fingerprint density at radius 3 is 1.18 bits per heavy atom. The standard InChI is InChI=1S/C66H73ClO16/c1-69-52-29-23-48(24-30-52)41-80-64-63(79-39-46-19-13-8-14-20-46)61(77-38-45-17-11-7-12-18-45)58(43-75-36-50-26-32-54(71-3)56(34-50)73-5)82-66(64)83-65-59(68)62(78-40-47-21-27-51(67)28-22-47)60(76-37-44-15-9-6-10-16-44)57(81-65)42-74-35-49-25-31-53(70-2)55(33-49)72-4/h6-34,57-66,68H,35-43H2,1-5H3/t57-,58-,59-,60-,61-,62-,63+,64-,65-,66-/m1/s1. The van der Waals surface area contributed by atoms with Crippen LogP contribution in [0.5, 0.6) is 28.7 Å². The Balaban J connectivity index is 1.08. The zero-order valence-electron chi connectivity index (χ0n) is 47.3. The minimum absolute atomic E-state index is 0.00692. The predicted molar refractivity (Wildman–Crippen MR) is 309 cm³/mol. The van der Waals surface area contributed by atoms with Crippen LogP contribution in [0.2, 0.25) is 5.02 Å². The van der Waals surface area contributed by atoms with E-state index < -0.39 is 61.4 Å². The Labute approximate surface area is 490 Å². The Morgan fingerprint density at radius 2 is 0.735 bits per heavy atom. The lowest BCUT2D eigenvalue weighted by atomic mass is 9.96. The third-order valence-electron chi connectivity index (χ3n) is 14.3. The van der Waals surface area contributed by atoms with E-state index in [9.17, 15) is 5.11 Å². The summed E-state index contributed by atoms with van der Waals surface area (Å²) in [5.41, 5.74) is 6.05. The summed E-state index contributed by atoms with van der Waals surface area (Å²) in [6.45, 7) is 1.06. The normalized spacial score (nSPS) is 22.4. The molecule has 0 spiro atoms. The number of hydrogen-bond acceptors (Lipinski definition) is 16. The van der Waals surface area contributed by atoms with Gasteiger partial charge in [-0.1, -0.05) is 139 Å². The van der Waals surface area contributed by atoms with Crippen molar-refractivity contribution in [1.82, 2.24) is 0 Å². The lowest BCUT2D eigenvalue weighted by Crippen LogP contribution is -2.65. The van der Waals surface area contributed by atoms with Crippen LogP contribution in [0.3, 0.4) is 0 Å². The molecule has 0 bridgehead atoms. The van der Waals surface area contributed by atoms with Gasteiger partial charge in [-0.3, -0.25) is 0 Å². The largest absolute Gasteiger partial charge is 0.497 e. The topological polar surface area (TPSA) is 159 Å². The first-order valence-corrected chi connectivity index (χ1v) is 27.9. The first kappa shape index (κ1) is 61.0. The highest BCUT2D eigenvalue weighted by Gasteiger charge is 2.53. The van der Waals surface area contributed by atoms with Gasteiger partial charge in [-0.25, -0.2) is 0 Å². The van der Waals surface area contributed by atoms with Gasteiger partial charge in [-0.05, 0) is 87.5 Å². The lowest BCUT2D eigenvalue weighted by Gasteiger charge is -2.49. The van der Waals surface area contributed by atoms with Crippen LogP contribution in [0.25, 0.3) is 0 Å². The van der Waals surface area contributed by atoms with Crippen molar-refractivity contribution in [3.8, 4) is 28.7 Å². The fourth-order valence-electron chi connectivity index (χ4n) is 9.87. The van der Waals surface area contributed by atoms with E-state index in [2.05, 4.69) is 0 Å². The van der Waals surface area contributed by atoms with Crippen molar-refractivity contribution in [3.05, 3.63) is 220 Å². The van der Waals surface area contributed by atoms with E-state index in [0.717, 1.165) is 38.9 Å². The van der Waals surface area contributed by atoms with E-state index in [1.54, 1.807) is 47.7 Å². The van der Waals surface area contributed by atoms with Crippen molar-refractivity contribution < 1.29 is 76.2 Å². The van der Waals surface area contributed by atoms with Gasteiger partial charge in [0.1, 0.15) is 54.6 Å². The smallest absolute Gasteiger partial charge is 0.190 e. The molecule has 1 N–H and O–H groups in total. The number of aliphatic hydroxyl groups is 1. The fraction of sp³-hybridized carbons (Fsp3) is 0.364. The average molecular weight is 1160 g/mol. The number of benzene rings is 7. The van der Waals surface area contributed by atoms with E-state index in [1.165, 1.54) is 0 Å². The van der Waals surface area contributed by atoms with Gasteiger partial charge in [0.05, 0.1) is 95.0 Å². The molecule has 2 heterocycles. The molecule has 10 atom stereocenters. The highest BCUT2D eigenvalue weighted by Crippen LogP contribution is 2.37. The molecule has 7 aromatic carbocycles. The molecule has 7 aromatic rings.